The van der Waals surface area contributed by atoms with Crippen LogP contribution in [0.4, 0.5) is 5.69 Å². The Hall–Kier alpha value is -4.09. The second-order valence-electron chi connectivity index (χ2n) is 13.1. The van der Waals surface area contributed by atoms with Crippen molar-refractivity contribution in [1.29, 1.82) is 0 Å². The van der Waals surface area contributed by atoms with Gasteiger partial charge in [0.1, 0.15) is 6.61 Å². The maximum absolute atomic E-state index is 14.1. The number of hydrogen-bond donors (Lipinski definition) is 1. The number of amides is 1. The van der Waals surface area contributed by atoms with Crippen molar-refractivity contribution in [3.63, 3.8) is 0 Å². The molecular formula is C34H46N4O6Si. The quantitative estimate of drug-likeness (QED) is 0.247. The molecule has 3 aromatic rings. The van der Waals surface area contributed by atoms with Crippen LogP contribution in [0.3, 0.4) is 0 Å². The van der Waals surface area contributed by atoms with E-state index in [0.717, 1.165) is 15.7 Å². The average Bonchev–Trinajstić information content (AvgIpc) is 3.00. The third kappa shape index (κ3) is 7.42. The number of benzene rings is 2. The van der Waals surface area contributed by atoms with Crippen molar-refractivity contribution in [3.8, 4) is 11.5 Å². The van der Waals surface area contributed by atoms with E-state index in [-0.39, 0.29) is 34.8 Å². The average molecular weight is 635 g/mol. The molecule has 0 bridgehead atoms. The minimum absolute atomic E-state index is 0.0382. The van der Waals surface area contributed by atoms with Gasteiger partial charge in [0.2, 0.25) is 0 Å². The zero-order valence-corrected chi connectivity index (χ0v) is 28.7. The summed E-state index contributed by atoms with van der Waals surface area (Å²) in [7, 11) is 2.59. The van der Waals surface area contributed by atoms with Crippen LogP contribution in [0, 0.1) is 0 Å². The number of nitrogen functional groups attached to an aromatic ring is 1. The molecular weight excluding hydrogens is 588 g/mol. The van der Waals surface area contributed by atoms with Crippen LogP contribution in [0.15, 0.2) is 64.3 Å². The summed E-state index contributed by atoms with van der Waals surface area (Å²) in [6, 6.07) is 12.7. The Morgan fingerprint density at radius 2 is 1.76 bits per heavy atom. The van der Waals surface area contributed by atoms with Gasteiger partial charge in [-0.2, -0.15) is 0 Å². The number of hydrogen-bond acceptors (Lipinski definition) is 7. The summed E-state index contributed by atoms with van der Waals surface area (Å²) in [6.07, 6.45) is 4.45. The number of nitrogens with two attached hydrogens (primary N) is 1. The van der Waals surface area contributed by atoms with E-state index >= 15 is 0 Å². The van der Waals surface area contributed by atoms with Crippen molar-refractivity contribution in [1.82, 2.24) is 14.0 Å². The number of methoxy groups -OCH3 is 1. The van der Waals surface area contributed by atoms with E-state index in [1.54, 1.807) is 30.3 Å². The highest BCUT2D eigenvalue weighted by Gasteiger charge is 2.38. The normalized spacial score (nSPS) is 15.5. The van der Waals surface area contributed by atoms with Crippen LogP contribution >= 0.6 is 0 Å². The molecule has 4 rings (SSSR count). The molecule has 0 unspecified atom stereocenters. The zero-order chi connectivity index (χ0) is 33.1. The van der Waals surface area contributed by atoms with Gasteiger partial charge in [0, 0.05) is 51.2 Å². The van der Waals surface area contributed by atoms with E-state index in [4.69, 9.17) is 19.6 Å². The first kappa shape index (κ1) is 33.8. The number of aromatic nitrogens is 2. The number of carbonyl (C=O) groups excluding carboxylic acids is 1. The summed E-state index contributed by atoms with van der Waals surface area (Å²) in [5.74, 6) is 0.603. The van der Waals surface area contributed by atoms with Crippen LogP contribution in [0.25, 0.3) is 5.57 Å². The lowest BCUT2D eigenvalue weighted by Gasteiger charge is -2.39. The molecule has 0 aliphatic carbocycles. The topological polar surface area (TPSA) is 118 Å². The van der Waals surface area contributed by atoms with E-state index in [0.29, 0.717) is 48.7 Å². The first-order valence-electron chi connectivity index (χ1n) is 15.2. The standard InChI is InChI=1S/C34H46N4O6Si/c1-34(2,3)45(7,8)44-17-15-25-18-24(27-21-36(4)33(41)37(5)31(27)39)14-16-38(25)32(40)26-19-29(42-6)30(20-28(26)35)43-22-23-12-10-9-11-13-23/h9-14,19-21,25H,15-18,22,35H2,1-8H3/t25-/m1/s1. The Morgan fingerprint density at radius 1 is 1.07 bits per heavy atom. The van der Waals surface area contributed by atoms with Crippen molar-refractivity contribution >= 4 is 25.5 Å². The molecule has 45 heavy (non-hydrogen) atoms. The second kappa shape index (κ2) is 13.5. The minimum Gasteiger partial charge on any atom is -0.493 e. The highest BCUT2D eigenvalue weighted by Crippen LogP contribution is 2.38. The lowest BCUT2D eigenvalue weighted by atomic mass is 9.93. The lowest BCUT2D eigenvalue weighted by molar-refractivity contribution is 0.0672. The Kier molecular flexibility index (Phi) is 10.1. The van der Waals surface area contributed by atoms with Crippen molar-refractivity contribution in [2.24, 2.45) is 14.1 Å². The number of aryl methyl sites for hydroxylation is 1. The van der Waals surface area contributed by atoms with E-state index < -0.39 is 14.0 Å². The second-order valence-corrected chi connectivity index (χ2v) is 17.9. The maximum atomic E-state index is 14.1. The predicted octanol–water partition coefficient (Wildman–Crippen LogP) is 4.96. The number of carbonyl (C=O) groups is 1. The Bertz CT molecular complexity index is 1690. The molecule has 0 fully saturated rings. The first-order chi connectivity index (χ1) is 21.1. The molecule has 1 aromatic heterocycles. The Morgan fingerprint density at radius 3 is 2.40 bits per heavy atom. The molecule has 1 aliphatic rings. The monoisotopic (exact) mass is 634 g/mol. The smallest absolute Gasteiger partial charge is 0.330 e. The number of nitrogens with zero attached hydrogens (tertiary/aromatic N) is 3. The lowest BCUT2D eigenvalue weighted by Crippen LogP contribution is -2.46. The summed E-state index contributed by atoms with van der Waals surface area (Å²) in [5.41, 5.74) is 8.53. The Labute approximate surface area is 266 Å². The molecule has 0 saturated heterocycles. The van der Waals surface area contributed by atoms with Gasteiger partial charge in [-0.05, 0) is 48.2 Å². The molecule has 0 spiro atoms. The van der Waals surface area contributed by atoms with Crippen LogP contribution < -0.4 is 26.5 Å². The van der Waals surface area contributed by atoms with Crippen LogP contribution in [0.1, 0.15) is 55.1 Å². The van der Waals surface area contributed by atoms with Gasteiger partial charge >= 0.3 is 5.69 Å². The van der Waals surface area contributed by atoms with Gasteiger partial charge in [-0.25, -0.2) is 4.79 Å². The largest absolute Gasteiger partial charge is 0.493 e. The molecule has 2 heterocycles. The maximum Gasteiger partial charge on any atom is 0.330 e. The van der Waals surface area contributed by atoms with E-state index in [1.165, 1.54) is 18.7 Å². The van der Waals surface area contributed by atoms with Gasteiger partial charge in [0.05, 0.1) is 18.2 Å². The van der Waals surface area contributed by atoms with E-state index in [9.17, 15) is 14.4 Å². The number of ether oxygens (including phenoxy) is 2. The molecule has 1 aliphatic heterocycles. The summed E-state index contributed by atoms with van der Waals surface area (Å²) in [6.45, 7) is 12.0. The molecule has 0 saturated carbocycles. The summed E-state index contributed by atoms with van der Waals surface area (Å²) in [5, 5.41) is 0.0382. The van der Waals surface area contributed by atoms with Gasteiger partial charge < -0.3 is 29.1 Å². The van der Waals surface area contributed by atoms with Crippen molar-refractivity contribution < 1.29 is 18.7 Å². The van der Waals surface area contributed by atoms with Crippen LogP contribution in [-0.2, 0) is 25.1 Å². The number of anilines is 1. The molecule has 10 nitrogen and oxygen atoms in total. The van der Waals surface area contributed by atoms with E-state index in [1.807, 2.05) is 36.4 Å². The fourth-order valence-corrected chi connectivity index (χ4v) is 6.21. The molecule has 0 radical (unpaired) electrons. The fourth-order valence-electron chi connectivity index (χ4n) is 5.15. The van der Waals surface area contributed by atoms with Gasteiger partial charge in [-0.15, -0.1) is 0 Å². The molecule has 2 N–H and O–H groups in total. The third-order valence-electron chi connectivity index (χ3n) is 9.01. The molecule has 1 amide bonds. The summed E-state index contributed by atoms with van der Waals surface area (Å²) < 4.78 is 20.6. The minimum atomic E-state index is -2.03. The van der Waals surface area contributed by atoms with Crippen LogP contribution in [0.2, 0.25) is 18.1 Å². The fraction of sp³-hybridized carbons (Fsp3) is 0.441. The van der Waals surface area contributed by atoms with Crippen LogP contribution in [-0.4, -0.2) is 54.6 Å². The van der Waals surface area contributed by atoms with Crippen LogP contribution in [0.5, 0.6) is 11.5 Å². The van der Waals surface area contributed by atoms with Crippen molar-refractivity contribution in [3.05, 3.63) is 92.3 Å². The Balaban J connectivity index is 1.65. The summed E-state index contributed by atoms with van der Waals surface area (Å²) >= 11 is 0. The third-order valence-corrected chi connectivity index (χ3v) is 13.5. The van der Waals surface area contributed by atoms with Crippen molar-refractivity contribution in [2.75, 3.05) is 26.0 Å². The SMILES string of the molecule is COc1cc(C(=O)N2CC=C(c3cn(C)c(=O)n(C)c3=O)C[C@H]2CCO[Si](C)(C)C(C)(C)C)c(N)cc1OCc1ccccc1. The van der Waals surface area contributed by atoms with Gasteiger partial charge in [-0.3, -0.25) is 14.2 Å². The van der Waals surface area contributed by atoms with E-state index in [2.05, 4.69) is 33.9 Å². The summed E-state index contributed by atoms with van der Waals surface area (Å²) in [4.78, 5) is 41.4. The molecule has 1 atom stereocenters. The number of rotatable bonds is 10. The molecule has 242 valence electrons. The molecule has 2 aromatic carbocycles. The van der Waals surface area contributed by atoms with Crippen molar-refractivity contribution in [2.45, 2.75) is 64.4 Å². The van der Waals surface area contributed by atoms with Gasteiger partial charge in [0.25, 0.3) is 11.5 Å². The van der Waals surface area contributed by atoms with Gasteiger partial charge in [-0.1, -0.05) is 57.2 Å². The molecule has 11 heteroatoms. The van der Waals surface area contributed by atoms with Gasteiger partial charge in [0.15, 0.2) is 19.8 Å². The predicted molar refractivity (Wildman–Crippen MR) is 180 cm³/mol. The highest BCUT2D eigenvalue weighted by atomic mass is 28.4. The highest BCUT2D eigenvalue weighted by molar-refractivity contribution is 6.74. The first-order valence-corrected chi connectivity index (χ1v) is 18.1. The zero-order valence-electron chi connectivity index (χ0n) is 27.7.